The normalized spacial score (nSPS) is 19.8. The molecule has 2 fully saturated rings. The molecule has 1 saturated heterocycles. The molecule has 1 saturated carbocycles. The minimum atomic E-state index is -1.03. The van der Waals surface area contributed by atoms with Crippen LogP contribution in [0.2, 0.25) is 0 Å². The Hall–Kier alpha value is -3.39. The van der Waals surface area contributed by atoms with Crippen LogP contribution >= 0.6 is 0 Å². The van der Waals surface area contributed by atoms with E-state index in [0.29, 0.717) is 38.8 Å². The first-order chi connectivity index (χ1) is 16.8. The van der Waals surface area contributed by atoms with Crippen molar-refractivity contribution >= 4 is 18.0 Å². The summed E-state index contributed by atoms with van der Waals surface area (Å²) in [4.78, 5) is 39.6. The largest absolute Gasteiger partial charge is 0.481 e. The van der Waals surface area contributed by atoms with Crippen molar-refractivity contribution in [1.82, 2.24) is 15.5 Å². The van der Waals surface area contributed by atoms with Crippen LogP contribution in [0.15, 0.2) is 48.5 Å². The summed E-state index contributed by atoms with van der Waals surface area (Å²) in [5.41, 5.74) is 2.72. The van der Waals surface area contributed by atoms with E-state index in [-0.39, 0.29) is 24.9 Å². The van der Waals surface area contributed by atoms with Gasteiger partial charge in [-0.1, -0.05) is 48.5 Å². The van der Waals surface area contributed by atoms with Crippen molar-refractivity contribution in [3.8, 4) is 11.1 Å². The summed E-state index contributed by atoms with van der Waals surface area (Å²) in [6.07, 6.45) is 1.37. The van der Waals surface area contributed by atoms with E-state index in [1.54, 1.807) is 0 Å². The maximum Gasteiger partial charge on any atom is 0.408 e. The summed E-state index contributed by atoms with van der Waals surface area (Å²) in [6.45, 7) is 1.59. The molecule has 8 nitrogen and oxygen atoms in total. The van der Waals surface area contributed by atoms with Gasteiger partial charge < -0.3 is 25.4 Å². The number of carboxylic acids is 1. The predicted octanol–water partition coefficient (Wildman–Crippen LogP) is 3.11. The highest BCUT2D eigenvalue weighted by Crippen LogP contribution is 2.44. The van der Waals surface area contributed by atoms with Crippen LogP contribution in [0.1, 0.15) is 49.1 Å². The van der Waals surface area contributed by atoms with E-state index < -0.39 is 23.1 Å². The van der Waals surface area contributed by atoms with Gasteiger partial charge in [-0.05, 0) is 55.0 Å². The molecule has 0 aromatic heterocycles. The SMILES string of the molecule is CN1CCC(CC(=O)O)(NC(=O)C2(NC(=O)OCC3c4ccccc4-c4ccccc43)CC2)CC1. The Labute approximate surface area is 204 Å². The number of piperidine rings is 1. The number of amides is 2. The topological polar surface area (TPSA) is 108 Å². The van der Waals surface area contributed by atoms with E-state index in [4.69, 9.17) is 4.74 Å². The number of aliphatic carboxylic acids is 1. The molecule has 35 heavy (non-hydrogen) atoms. The molecule has 3 aliphatic rings. The standard InChI is InChI=1S/C27H31N3O5/c1-30-14-12-26(13-15-30,16-23(31)32)28-24(33)27(10-11-27)29-25(34)35-17-22-20-8-4-2-6-18(20)19-7-3-5-9-21(19)22/h2-9,22H,10-17H2,1H3,(H,28,33)(H,29,34)(H,31,32). The van der Waals surface area contributed by atoms with Gasteiger partial charge in [0.05, 0.1) is 12.0 Å². The molecule has 2 aromatic rings. The molecular weight excluding hydrogens is 446 g/mol. The summed E-state index contributed by atoms with van der Waals surface area (Å²) in [5.74, 6) is -1.32. The minimum absolute atomic E-state index is 0.0600. The zero-order valence-corrected chi connectivity index (χ0v) is 19.9. The first-order valence-electron chi connectivity index (χ1n) is 12.2. The molecule has 5 rings (SSSR count). The van der Waals surface area contributed by atoms with E-state index in [1.165, 1.54) is 0 Å². The molecule has 0 unspecified atom stereocenters. The Morgan fingerprint density at radius 3 is 2.06 bits per heavy atom. The number of fused-ring (bicyclic) bond motifs is 3. The molecule has 184 valence electrons. The van der Waals surface area contributed by atoms with Crippen molar-refractivity contribution in [2.75, 3.05) is 26.7 Å². The van der Waals surface area contributed by atoms with Crippen LogP contribution in [-0.2, 0) is 14.3 Å². The average Bonchev–Trinajstić information content (AvgIpc) is 3.55. The number of alkyl carbamates (subject to hydrolysis) is 1. The number of hydrogen-bond acceptors (Lipinski definition) is 5. The van der Waals surface area contributed by atoms with E-state index in [9.17, 15) is 19.5 Å². The summed E-state index contributed by atoms with van der Waals surface area (Å²) in [7, 11) is 1.98. The number of rotatable bonds is 7. The molecule has 0 radical (unpaired) electrons. The lowest BCUT2D eigenvalue weighted by atomic mass is 9.84. The van der Waals surface area contributed by atoms with Crippen LogP contribution in [0, 0.1) is 0 Å². The van der Waals surface area contributed by atoms with Gasteiger partial charge in [0.15, 0.2) is 0 Å². The highest BCUT2D eigenvalue weighted by molar-refractivity contribution is 5.93. The second kappa shape index (κ2) is 9.00. The monoisotopic (exact) mass is 477 g/mol. The lowest BCUT2D eigenvalue weighted by molar-refractivity contribution is -0.140. The van der Waals surface area contributed by atoms with E-state index in [1.807, 2.05) is 31.3 Å². The predicted molar refractivity (Wildman–Crippen MR) is 130 cm³/mol. The highest BCUT2D eigenvalue weighted by Gasteiger charge is 2.54. The molecule has 8 heteroatoms. The minimum Gasteiger partial charge on any atom is -0.481 e. The molecule has 1 heterocycles. The third-order valence-electron chi connectivity index (χ3n) is 7.68. The number of carbonyl (C=O) groups is 3. The Kier molecular flexibility index (Phi) is 6.01. The van der Waals surface area contributed by atoms with Crippen LogP contribution < -0.4 is 10.6 Å². The summed E-state index contributed by atoms with van der Waals surface area (Å²) >= 11 is 0. The second-order valence-corrected chi connectivity index (χ2v) is 10.1. The molecule has 0 spiro atoms. The van der Waals surface area contributed by atoms with Gasteiger partial charge in [-0.2, -0.15) is 0 Å². The molecule has 0 atom stereocenters. The number of benzene rings is 2. The van der Waals surface area contributed by atoms with Crippen LogP contribution in [0.3, 0.4) is 0 Å². The number of nitrogens with zero attached hydrogens (tertiary/aromatic N) is 1. The fraction of sp³-hybridized carbons (Fsp3) is 0.444. The van der Waals surface area contributed by atoms with Crippen molar-refractivity contribution in [1.29, 1.82) is 0 Å². The third kappa shape index (κ3) is 4.62. The van der Waals surface area contributed by atoms with Gasteiger partial charge in [0.1, 0.15) is 12.1 Å². The fourth-order valence-electron chi connectivity index (χ4n) is 5.41. The maximum atomic E-state index is 13.2. The number of carboxylic acid groups (broad SMARTS) is 1. The Balaban J connectivity index is 1.23. The molecule has 2 aromatic carbocycles. The maximum absolute atomic E-state index is 13.2. The number of carbonyl (C=O) groups excluding carboxylic acids is 2. The highest BCUT2D eigenvalue weighted by atomic mass is 16.5. The molecule has 0 bridgehead atoms. The van der Waals surface area contributed by atoms with Crippen LogP contribution in [0.25, 0.3) is 11.1 Å². The van der Waals surface area contributed by atoms with Gasteiger partial charge in [-0.3, -0.25) is 9.59 Å². The Bertz CT molecular complexity index is 1110. The van der Waals surface area contributed by atoms with Gasteiger partial charge in [-0.25, -0.2) is 4.79 Å². The lowest BCUT2D eigenvalue weighted by Crippen LogP contribution is -2.60. The quantitative estimate of drug-likeness (QED) is 0.566. The molecule has 3 N–H and O–H groups in total. The first-order valence-corrected chi connectivity index (χ1v) is 12.2. The van der Waals surface area contributed by atoms with Gasteiger partial charge in [0.2, 0.25) is 5.91 Å². The van der Waals surface area contributed by atoms with Crippen molar-refractivity contribution in [2.45, 2.75) is 49.1 Å². The van der Waals surface area contributed by atoms with E-state index in [2.05, 4.69) is 39.8 Å². The number of ether oxygens (including phenoxy) is 1. The van der Waals surface area contributed by atoms with Crippen molar-refractivity contribution in [2.24, 2.45) is 0 Å². The van der Waals surface area contributed by atoms with Crippen LogP contribution in [0.4, 0.5) is 4.79 Å². The van der Waals surface area contributed by atoms with Gasteiger partial charge in [-0.15, -0.1) is 0 Å². The first kappa shape index (κ1) is 23.4. The molecular formula is C27H31N3O5. The van der Waals surface area contributed by atoms with E-state index >= 15 is 0 Å². The van der Waals surface area contributed by atoms with Crippen molar-refractivity contribution < 1.29 is 24.2 Å². The van der Waals surface area contributed by atoms with Crippen molar-refractivity contribution in [3.05, 3.63) is 59.7 Å². The average molecular weight is 478 g/mol. The number of hydrogen-bond donors (Lipinski definition) is 3. The van der Waals surface area contributed by atoms with Crippen molar-refractivity contribution in [3.63, 3.8) is 0 Å². The van der Waals surface area contributed by atoms with Gasteiger partial charge in [0.25, 0.3) is 0 Å². The summed E-state index contributed by atoms with van der Waals surface area (Å²) in [6, 6.07) is 16.2. The van der Waals surface area contributed by atoms with Gasteiger partial charge in [0, 0.05) is 19.0 Å². The number of likely N-dealkylation sites (tertiary alicyclic amines) is 1. The lowest BCUT2D eigenvalue weighted by Gasteiger charge is -2.41. The zero-order chi connectivity index (χ0) is 24.6. The second-order valence-electron chi connectivity index (χ2n) is 10.1. The third-order valence-corrected chi connectivity index (χ3v) is 7.68. The van der Waals surface area contributed by atoms with Crippen LogP contribution in [0.5, 0.6) is 0 Å². The summed E-state index contributed by atoms with van der Waals surface area (Å²) in [5, 5.41) is 15.2. The van der Waals surface area contributed by atoms with Gasteiger partial charge >= 0.3 is 12.1 Å². The van der Waals surface area contributed by atoms with E-state index in [0.717, 1.165) is 22.3 Å². The summed E-state index contributed by atoms with van der Waals surface area (Å²) < 4.78 is 5.63. The molecule has 1 aliphatic heterocycles. The smallest absolute Gasteiger partial charge is 0.408 e. The zero-order valence-electron chi connectivity index (χ0n) is 19.9. The molecule has 2 aliphatic carbocycles. The fourth-order valence-corrected chi connectivity index (χ4v) is 5.41. The Morgan fingerprint density at radius 2 is 1.51 bits per heavy atom. The molecule has 2 amide bonds. The Morgan fingerprint density at radius 1 is 0.943 bits per heavy atom. The number of nitrogens with one attached hydrogen (secondary N) is 2. The van der Waals surface area contributed by atoms with Crippen LogP contribution in [-0.4, -0.2) is 65.8 Å².